The predicted molar refractivity (Wildman–Crippen MR) is 126 cm³/mol. The first-order valence-corrected chi connectivity index (χ1v) is 10.1. The van der Waals surface area contributed by atoms with Gasteiger partial charge in [0.2, 0.25) is 0 Å². The number of nitrogens with one attached hydrogen (secondary N) is 1. The van der Waals surface area contributed by atoms with Crippen LogP contribution < -0.4 is 10.2 Å². The van der Waals surface area contributed by atoms with Gasteiger partial charge < -0.3 is 9.84 Å². The highest BCUT2D eigenvalue weighted by Gasteiger charge is 2.14. The zero-order valence-corrected chi connectivity index (χ0v) is 18.1. The van der Waals surface area contributed by atoms with Gasteiger partial charge in [0, 0.05) is 16.5 Å². The van der Waals surface area contributed by atoms with E-state index in [2.05, 4.69) is 10.5 Å². The number of rotatable bonds is 5. The van der Waals surface area contributed by atoms with Crippen LogP contribution in [0, 0.1) is 6.92 Å². The number of aromatic hydroxyl groups is 1. The summed E-state index contributed by atoms with van der Waals surface area (Å²) in [5.74, 6) is 0.0493. The van der Waals surface area contributed by atoms with Crippen molar-refractivity contribution in [1.82, 2.24) is 10.4 Å². The lowest BCUT2D eigenvalue weighted by Crippen LogP contribution is -2.20. The number of phenols is 1. The predicted octanol–water partition coefficient (Wildman–Crippen LogP) is 5.08. The second-order valence-corrected chi connectivity index (χ2v) is 7.46. The number of hydrogen-bond acceptors (Lipinski definition) is 5. The van der Waals surface area contributed by atoms with Crippen LogP contribution in [-0.4, -0.2) is 28.8 Å². The molecule has 0 spiro atoms. The maximum atomic E-state index is 13.1. The van der Waals surface area contributed by atoms with Gasteiger partial charge in [0.05, 0.1) is 29.6 Å². The second-order valence-electron chi connectivity index (χ2n) is 7.46. The number of methoxy groups -OCH3 is 1. The molecule has 0 aliphatic heterocycles. The molecule has 1 amide bonds. The van der Waals surface area contributed by atoms with Crippen molar-refractivity contribution in [3.8, 4) is 22.8 Å². The van der Waals surface area contributed by atoms with Crippen molar-refractivity contribution < 1.29 is 14.6 Å². The van der Waals surface area contributed by atoms with Crippen LogP contribution in [0.2, 0.25) is 0 Å². The summed E-state index contributed by atoms with van der Waals surface area (Å²) < 4.78 is 5.14. The third kappa shape index (κ3) is 4.30. The summed E-state index contributed by atoms with van der Waals surface area (Å²) >= 11 is 0. The Morgan fingerprint density at radius 3 is 2.53 bits per heavy atom. The number of pyridine rings is 1. The SMILES string of the molecule is COc1cc(C(C)=NNC(=O)c2cc(-c3ccc(C)cc3)nc3ccccc23)ccc1O. The van der Waals surface area contributed by atoms with Crippen molar-refractivity contribution in [1.29, 1.82) is 0 Å². The van der Waals surface area contributed by atoms with Gasteiger partial charge in [0.1, 0.15) is 0 Å². The fourth-order valence-electron chi connectivity index (χ4n) is 3.40. The molecule has 4 rings (SSSR count). The lowest BCUT2D eigenvalue weighted by molar-refractivity contribution is 0.0956. The molecule has 0 radical (unpaired) electrons. The Morgan fingerprint density at radius 2 is 1.78 bits per heavy atom. The van der Waals surface area contributed by atoms with Gasteiger partial charge in [-0.05, 0) is 44.2 Å². The summed E-state index contributed by atoms with van der Waals surface area (Å²) in [6.45, 7) is 3.80. The topological polar surface area (TPSA) is 83.8 Å². The Balaban J connectivity index is 1.68. The van der Waals surface area contributed by atoms with Crippen LogP contribution in [0.25, 0.3) is 22.2 Å². The van der Waals surface area contributed by atoms with E-state index in [1.54, 1.807) is 25.1 Å². The molecule has 0 unspecified atom stereocenters. The molecule has 1 heterocycles. The van der Waals surface area contributed by atoms with E-state index in [0.29, 0.717) is 17.0 Å². The minimum Gasteiger partial charge on any atom is -0.504 e. The van der Waals surface area contributed by atoms with Crippen molar-refractivity contribution in [3.63, 3.8) is 0 Å². The van der Waals surface area contributed by atoms with Gasteiger partial charge in [-0.2, -0.15) is 5.10 Å². The highest BCUT2D eigenvalue weighted by atomic mass is 16.5. The third-order valence-corrected chi connectivity index (χ3v) is 5.23. The third-order valence-electron chi connectivity index (χ3n) is 5.23. The maximum Gasteiger partial charge on any atom is 0.272 e. The molecule has 0 saturated carbocycles. The van der Waals surface area contributed by atoms with Crippen LogP contribution in [-0.2, 0) is 0 Å². The Kier molecular flexibility index (Phi) is 5.85. The van der Waals surface area contributed by atoms with Gasteiger partial charge in [0.25, 0.3) is 5.91 Å². The number of para-hydroxylation sites is 1. The number of hydrogen-bond donors (Lipinski definition) is 2. The monoisotopic (exact) mass is 425 g/mol. The molecule has 32 heavy (non-hydrogen) atoms. The van der Waals surface area contributed by atoms with Crippen molar-refractivity contribution in [2.45, 2.75) is 13.8 Å². The van der Waals surface area contributed by atoms with Gasteiger partial charge in [-0.25, -0.2) is 10.4 Å². The van der Waals surface area contributed by atoms with Crippen molar-refractivity contribution in [3.05, 3.63) is 89.5 Å². The van der Waals surface area contributed by atoms with Crippen LogP contribution in [0.4, 0.5) is 0 Å². The minimum absolute atomic E-state index is 0.0416. The molecule has 0 atom stereocenters. The summed E-state index contributed by atoms with van der Waals surface area (Å²) in [4.78, 5) is 17.8. The standard InChI is InChI=1S/C26H23N3O3/c1-16-8-10-18(11-9-16)23-15-21(20-6-4-5-7-22(20)27-23)26(31)29-28-17(2)19-12-13-24(30)25(14-19)32-3/h4-15,30H,1-3H3,(H,29,31). The summed E-state index contributed by atoms with van der Waals surface area (Å²) in [6, 6.07) is 22.3. The molecule has 160 valence electrons. The smallest absolute Gasteiger partial charge is 0.272 e. The van der Waals surface area contributed by atoms with Gasteiger partial charge >= 0.3 is 0 Å². The van der Waals surface area contributed by atoms with E-state index in [1.807, 2.05) is 55.5 Å². The number of hydrazone groups is 1. The summed E-state index contributed by atoms with van der Waals surface area (Å²) in [7, 11) is 1.48. The van der Waals surface area contributed by atoms with Crippen molar-refractivity contribution in [2.75, 3.05) is 7.11 Å². The largest absolute Gasteiger partial charge is 0.504 e. The number of aryl methyl sites for hydroxylation is 1. The quantitative estimate of drug-likeness (QED) is 0.345. The van der Waals surface area contributed by atoms with Crippen LogP contribution in [0.5, 0.6) is 11.5 Å². The van der Waals surface area contributed by atoms with Gasteiger partial charge in [-0.15, -0.1) is 0 Å². The molecular weight excluding hydrogens is 402 g/mol. The number of fused-ring (bicyclic) bond motifs is 1. The van der Waals surface area contributed by atoms with Crippen LogP contribution in [0.1, 0.15) is 28.4 Å². The van der Waals surface area contributed by atoms with E-state index in [-0.39, 0.29) is 11.7 Å². The number of phenolic OH excluding ortho intramolecular Hbond substituents is 1. The van der Waals surface area contributed by atoms with Gasteiger partial charge in [-0.3, -0.25) is 4.79 Å². The molecule has 6 nitrogen and oxygen atoms in total. The molecule has 3 aromatic carbocycles. The summed E-state index contributed by atoms with van der Waals surface area (Å²) in [5.41, 5.74) is 7.99. The second kappa shape index (κ2) is 8.89. The molecular formula is C26H23N3O3. The van der Waals surface area contributed by atoms with Gasteiger partial charge in [0.15, 0.2) is 11.5 Å². The van der Waals surface area contributed by atoms with E-state index in [0.717, 1.165) is 33.3 Å². The zero-order chi connectivity index (χ0) is 22.7. The number of ether oxygens (including phenoxy) is 1. The highest BCUT2D eigenvalue weighted by Crippen LogP contribution is 2.27. The Labute approximate surface area is 186 Å². The van der Waals surface area contributed by atoms with E-state index in [4.69, 9.17) is 9.72 Å². The van der Waals surface area contributed by atoms with Crippen LogP contribution in [0.3, 0.4) is 0 Å². The van der Waals surface area contributed by atoms with E-state index in [1.165, 1.54) is 13.2 Å². The fourth-order valence-corrected chi connectivity index (χ4v) is 3.40. The lowest BCUT2D eigenvalue weighted by atomic mass is 10.0. The lowest BCUT2D eigenvalue weighted by Gasteiger charge is -2.10. The molecule has 0 bridgehead atoms. The Morgan fingerprint density at radius 1 is 1.03 bits per heavy atom. The van der Waals surface area contributed by atoms with Gasteiger partial charge in [-0.1, -0.05) is 48.0 Å². The number of nitrogens with zero attached hydrogens (tertiary/aromatic N) is 2. The average molecular weight is 425 g/mol. The van der Waals surface area contributed by atoms with Crippen molar-refractivity contribution >= 4 is 22.5 Å². The first kappa shape index (κ1) is 21.1. The molecule has 0 fully saturated rings. The zero-order valence-electron chi connectivity index (χ0n) is 18.1. The molecule has 4 aromatic rings. The molecule has 0 saturated heterocycles. The van der Waals surface area contributed by atoms with Crippen LogP contribution >= 0.6 is 0 Å². The number of benzene rings is 3. The first-order chi connectivity index (χ1) is 15.5. The minimum atomic E-state index is -0.331. The average Bonchev–Trinajstić information content (AvgIpc) is 2.82. The maximum absolute atomic E-state index is 13.1. The molecule has 1 aromatic heterocycles. The normalized spacial score (nSPS) is 11.4. The number of carbonyl (C=O) groups is 1. The number of carbonyl (C=O) groups excluding carboxylic acids is 1. The number of aromatic nitrogens is 1. The fraction of sp³-hybridized carbons (Fsp3) is 0.115. The van der Waals surface area contributed by atoms with E-state index in [9.17, 15) is 9.90 Å². The molecule has 0 aliphatic carbocycles. The highest BCUT2D eigenvalue weighted by molar-refractivity contribution is 6.08. The summed E-state index contributed by atoms with van der Waals surface area (Å²) in [6.07, 6.45) is 0. The van der Waals surface area contributed by atoms with E-state index < -0.39 is 0 Å². The molecule has 2 N–H and O–H groups in total. The van der Waals surface area contributed by atoms with Crippen molar-refractivity contribution in [2.24, 2.45) is 5.10 Å². The van der Waals surface area contributed by atoms with E-state index >= 15 is 0 Å². The summed E-state index contributed by atoms with van der Waals surface area (Å²) in [5, 5.41) is 14.8. The Bertz CT molecular complexity index is 1330. The van der Waals surface area contributed by atoms with Crippen LogP contribution in [0.15, 0.2) is 77.9 Å². The number of amides is 1. The Hall–Kier alpha value is -4.19. The molecule has 0 aliphatic rings. The molecule has 6 heteroatoms. The first-order valence-electron chi connectivity index (χ1n) is 10.1.